The molecule has 2 aromatic heterocycles. The second-order valence-corrected chi connectivity index (χ2v) is 5.45. The van der Waals surface area contributed by atoms with Gasteiger partial charge in [-0.2, -0.15) is 10.2 Å². The van der Waals surface area contributed by atoms with Crippen LogP contribution in [0.5, 0.6) is 0 Å². The fourth-order valence-electron chi connectivity index (χ4n) is 2.43. The average molecular weight is 310 g/mol. The predicted octanol–water partition coefficient (Wildman–Crippen LogP) is 2.40. The first kappa shape index (κ1) is 15.6. The molecule has 1 N–H and O–H groups in total. The van der Waals surface area contributed by atoms with Crippen LogP contribution in [0.2, 0.25) is 5.02 Å². The summed E-state index contributed by atoms with van der Waals surface area (Å²) in [6.45, 7) is 8.54. The number of nitrogens with one attached hydrogen (secondary N) is 1. The fourth-order valence-corrected chi connectivity index (χ4v) is 2.67. The Morgan fingerprint density at radius 1 is 1.48 bits per heavy atom. The van der Waals surface area contributed by atoms with E-state index in [0.717, 1.165) is 17.8 Å². The summed E-state index contributed by atoms with van der Waals surface area (Å²) in [6.07, 6.45) is 1.79. The van der Waals surface area contributed by atoms with E-state index in [1.54, 1.807) is 20.2 Å². The lowest BCUT2D eigenvalue weighted by molar-refractivity contribution is 0.0930. The van der Waals surface area contributed by atoms with Crippen LogP contribution in [-0.2, 0) is 13.6 Å². The van der Waals surface area contributed by atoms with Crippen molar-refractivity contribution >= 4 is 17.5 Å². The third-order valence-electron chi connectivity index (χ3n) is 3.62. The molecule has 21 heavy (non-hydrogen) atoms. The molecule has 2 aromatic rings. The number of carbonyl (C=O) groups is 1. The topological polar surface area (TPSA) is 64.7 Å². The van der Waals surface area contributed by atoms with Crippen LogP contribution in [0.25, 0.3) is 0 Å². The van der Waals surface area contributed by atoms with Gasteiger partial charge in [-0.05, 0) is 27.7 Å². The molecule has 2 rings (SSSR count). The minimum atomic E-state index is -0.237. The van der Waals surface area contributed by atoms with Crippen LogP contribution in [0, 0.1) is 13.8 Å². The minimum Gasteiger partial charge on any atom is -0.344 e. The van der Waals surface area contributed by atoms with Gasteiger partial charge in [0.15, 0.2) is 0 Å². The maximum Gasteiger partial charge on any atom is 0.271 e. The highest BCUT2D eigenvalue weighted by molar-refractivity contribution is 6.34. The predicted molar refractivity (Wildman–Crippen MR) is 81.5 cm³/mol. The van der Waals surface area contributed by atoms with Gasteiger partial charge in [0.2, 0.25) is 0 Å². The van der Waals surface area contributed by atoms with Gasteiger partial charge in [-0.15, -0.1) is 0 Å². The number of nitrogens with zero attached hydrogens (tertiary/aromatic N) is 4. The molecule has 0 aliphatic heterocycles. The first-order chi connectivity index (χ1) is 9.86. The first-order valence-electron chi connectivity index (χ1n) is 6.89. The summed E-state index contributed by atoms with van der Waals surface area (Å²) in [7, 11) is 1.71. The van der Waals surface area contributed by atoms with E-state index < -0.39 is 0 Å². The summed E-state index contributed by atoms with van der Waals surface area (Å²) in [4.78, 5) is 12.4. The van der Waals surface area contributed by atoms with Crippen molar-refractivity contribution in [3.63, 3.8) is 0 Å². The van der Waals surface area contributed by atoms with E-state index in [4.69, 9.17) is 11.6 Å². The van der Waals surface area contributed by atoms with E-state index in [0.29, 0.717) is 16.4 Å². The van der Waals surface area contributed by atoms with Crippen LogP contribution in [0.4, 0.5) is 0 Å². The molecule has 0 saturated heterocycles. The molecule has 114 valence electrons. The monoisotopic (exact) mass is 309 g/mol. The number of aromatic nitrogens is 4. The van der Waals surface area contributed by atoms with Crippen molar-refractivity contribution in [3.05, 3.63) is 33.9 Å². The van der Waals surface area contributed by atoms with Crippen molar-refractivity contribution in [2.75, 3.05) is 0 Å². The van der Waals surface area contributed by atoms with Crippen LogP contribution < -0.4 is 5.32 Å². The van der Waals surface area contributed by atoms with Crippen LogP contribution in [0.1, 0.15) is 47.3 Å². The second-order valence-electron chi connectivity index (χ2n) is 5.07. The van der Waals surface area contributed by atoms with Gasteiger partial charge in [0, 0.05) is 24.8 Å². The molecule has 1 amide bonds. The van der Waals surface area contributed by atoms with Crippen LogP contribution in [0.15, 0.2) is 6.20 Å². The number of rotatable bonds is 4. The average Bonchev–Trinajstić information content (AvgIpc) is 2.90. The first-order valence-corrected chi connectivity index (χ1v) is 7.26. The molecule has 2 heterocycles. The van der Waals surface area contributed by atoms with Gasteiger partial charge in [-0.1, -0.05) is 11.6 Å². The van der Waals surface area contributed by atoms with Gasteiger partial charge in [0.1, 0.15) is 5.69 Å². The molecule has 7 heteroatoms. The van der Waals surface area contributed by atoms with Crippen LogP contribution in [0.3, 0.4) is 0 Å². The zero-order chi connectivity index (χ0) is 15.7. The molecular weight excluding hydrogens is 290 g/mol. The van der Waals surface area contributed by atoms with Gasteiger partial charge in [0.05, 0.1) is 23.0 Å². The van der Waals surface area contributed by atoms with E-state index in [9.17, 15) is 4.79 Å². The Labute approximate surface area is 129 Å². The fraction of sp³-hybridized carbons (Fsp3) is 0.500. The van der Waals surface area contributed by atoms with Crippen molar-refractivity contribution in [2.45, 2.75) is 40.3 Å². The van der Waals surface area contributed by atoms with Crippen molar-refractivity contribution in [3.8, 4) is 0 Å². The Kier molecular flexibility index (Phi) is 4.37. The number of halogens is 1. The molecule has 1 atom stereocenters. The molecule has 6 nitrogen and oxygen atoms in total. The summed E-state index contributed by atoms with van der Waals surface area (Å²) < 4.78 is 3.40. The number of carbonyl (C=O) groups excluding carboxylic acids is 1. The molecule has 0 spiro atoms. The molecule has 0 aliphatic rings. The quantitative estimate of drug-likeness (QED) is 0.943. The minimum absolute atomic E-state index is 0.149. The highest BCUT2D eigenvalue weighted by Crippen LogP contribution is 2.21. The van der Waals surface area contributed by atoms with Crippen LogP contribution in [-0.4, -0.2) is 25.5 Å². The molecule has 0 bridgehead atoms. The molecule has 0 aliphatic carbocycles. The van der Waals surface area contributed by atoms with Gasteiger partial charge >= 0.3 is 0 Å². The largest absolute Gasteiger partial charge is 0.344 e. The van der Waals surface area contributed by atoms with Gasteiger partial charge in [-0.25, -0.2) is 0 Å². The molecule has 0 aromatic carbocycles. The Bertz CT molecular complexity index is 673. The standard InChI is InChI=1S/C14H20ClN5O/c1-6-20-10(4)11(7-16-20)8(2)17-14(21)13-12(15)9(3)18-19(13)5/h7-8H,6H2,1-5H3,(H,17,21). The van der Waals surface area contributed by atoms with Gasteiger partial charge in [0.25, 0.3) is 5.91 Å². The highest BCUT2D eigenvalue weighted by Gasteiger charge is 2.22. The van der Waals surface area contributed by atoms with E-state index in [1.165, 1.54) is 4.68 Å². The van der Waals surface area contributed by atoms with E-state index in [1.807, 2.05) is 25.5 Å². The highest BCUT2D eigenvalue weighted by atomic mass is 35.5. The van der Waals surface area contributed by atoms with Crippen molar-refractivity contribution in [2.24, 2.45) is 7.05 Å². The Morgan fingerprint density at radius 3 is 2.62 bits per heavy atom. The molecule has 0 saturated carbocycles. The maximum absolute atomic E-state index is 12.4. The normalized spacial score (nSPS) is 12.5. The Hall–Kier alpha value is -1.82. The van der Waals surface area contributed by atoms with E-state index >= 15 is 0 Å². The zero-order valence-corrected chi connectivity index (χ0v) is 13.7. The third kappa shape index (κ3) is 2.81. The van der Waals surface area contributed by atoms with Gasteiger partial charge in [-0.3, -0.25) is 14.2 Å². The third-order valence-corrected chi connectivity index (χ3v) is 4.07. The summed E-state index contributed by atoms with van der Waals surface area (Å²) in [5.74, 6) is -0.237. The van der Waals surface area contributed by atoms with E-state index in [2.05, 4.69) is 15.5 Å². The van der Waals surface area contributed by atoms with Crippen molar-refractivity contribution < 1.29 is 4.79 Å². The number of amides is 1. The van der Waals surface area contributed by atoms with E-state index in [-0.39, 0.29) is 11.9 Å². The lowest BCUT2D eigenvalue weighted by Crippen LogP contribution is -2.29. The summed E-state index contributed by atoms with van der Waals surface area (Å²) in [5.41, 5.74) is 3.08. The van der Waals surface area contributed by atoms with Crippen molar-refractivity contribution in [1.29, 1.82) is 0 Å². The Balaban J connectivity index is 2.21. The lowest BCUT2D eigenvalue weighted by atomic mass is 10.1. The Morgan fingerprint density at radius 2 is 2.14 bits per heavy atom. The molecule has 1 unspecified atom stereocenters. The zero-order valence-electron chi connectivity index (χ0n) is 12.9. The molecule has 0 fully saturated rings. The SMILES string of the molecule is CCn1ncc(C(C)NC(=O)c2c(Cl)c(C)nn2C)c1C. The van der Waals surface area contributed by atoms with Gasteiger partial charge < -0.3 is 5.32 Å². The lowest BCUT2D eigenvalue weighted by Gasteiger charge is -2.14. The summed E-state index contributed by atoms with van der Waals surface area (Å²) in [6, 6.07) is -0.149. The smallest absolute Gasteiger partial charge is 0.271 e. The van der Waals surface area contributed by atoms with Crippen LogP contribution >= 0.6 is 11.6 Å². The summed E-state index contributed by atoms with van der Waals surface area (Å²) >= 11 is 6.14. The second kappa shape index (κ2) is 5.89. The number of hydrogen-bond donors (Lipinski definition) is 1. The maximum atomic E-state index is 12.4. The number of aryl methyl sites for hydroxylation is 3. The molecule has 0 radical (unpaired) electrons. The summed E-state index contributed by atoms with van der Waals surface area (Å²) in [5, 5.41) is 11.8. The number of hydrogen-bond acceptors (Lipinski definition) is 3. The molecular formula is C14H20ClN5O. The van der Waals surface area contributed by atoms with Crippen molar-refractivity contribution in [1.82, 2.24) is 24.9 Å².